The maximum Gasteiger partial charge on any atom is 0.334 e. The molecule has 1 amide bonds. The molecule has 0 aliphatic heterocycles. The van der Waals surface area contributed by atoms with Gasteiger partial charge in [-0.25, -0.2) is 14.2 Å². The third-order valence-corrected chi connectivity index (χ3v) is 3.26. The van der Waals surface area contributed by atoms with Crippen LogP contribution in [0.2, 0.25) is 5.02 Å². The molecule has 0 aliphatic rings. The van der Waals surface area contributed by atoms with Crippen molar-refractivity contribution in [1.82, 2.24) is 9.55 Å². The molecular weight excluding hydrogens is 292 g/mol. The molecule has 0 spiro atoms. The number of imidazole rings is 1. The van der Waals surface area contributed by atoms with E-state index in [1.54, 1.807) is 42.5 Å². The first-order valence-corrected chi connectivity index (χ1v) is 6.49. The number of nitrogens with one attached hydrogen (secondary N) is 2. The van der Waals surface area contributed by atoms with Crippen LogP contribution in [0.5, 0.6) is 0 Å². The summed E-state index contributed by atoms with van der Waals surface area (Å²) in [6, 6.07) is 10.9. The molecule has 3 rings (SSSR count). The summed E-state index contributed by atoms with van der Waals surface area (Å²) in [6.07, 6.45) is 0. The summed E-state index contributed by atoms with van der Waals surface area (Å²) in [5.74, 6) is 0. The summed E-state index contributed by atoms with van der Waals surface area (Å²) in [6.45, 7) is 0. The molecule has 0 fully saturated rings. The van der Waals surface area contributed by atoms with E-state index in [2.05, 4.69) is 10.3 Å². The van der Waals surface area contributed by atoms with E-state index >= 15 is 0 Å². The van der Waals surface area contributed by atoms with Gasteiger partial charge in [-0.2, -0.15) is 0 Å². The van der Waals surface area contributed by atoms with Gasteiger partial charge < -0.3 is 16.0 Å². The minimum atomic E-state index is -0.570. The monoisotopic (exact) mass is 302 g/mol. The minimum absolute atomic E-state index is 0.423. The SMILES string of the molecule is Nc1ccc2[nH]c(=O)n(C(=O)Nc3ccc(Cl)cc3)c2c1. The standard InChI is InChI=1S/C14H11ClN4O2/c15-8-1-4-10(5-2-8)17-13(20)19-12-7-9(16)3-6-11(12)18-14(19)21/h1-7H,16H2,(H,17,20)(H,18,21). The van der Waals surface area contributed by atoms with E-state index in [-0.39, 0.29) is 0 Å². The van der Waals surface area contributed by atoms with Crippen LogP contribution >= 0.6 is 11.6 Å². The number of H-pyrrole nitrogens is 1. The molecule has 21 heavy (non-hydrogen) atoms. The molecule has 0 saturated heterocycles. The average molecular weight is 303 g/mol. The molecule has 0 unspecified atom stereocenters. The highest BCUT2D eigenvalue weighted by Crippen LogP contribution is 2.16. The van der Waals surface area contributed by atoms with Crippen molar-refractivity contribution < 1.29 is 4.79 Å². The van der Waals surface area contributed by atoms with E-state index in [4.69, 9.17) is 17.3 Å². The Morgan fingerprint density at radius 1 is 1.19 bits per heavy atom. The van der Waals surface area contributed by atoms with Crippen LogP contribution in [0.15, 0.2) is 47.3 Å². The van der Waals surface area contributed by atoms with Crippen LogP contribution < -0.4 is 16.7 Å². The number of nitrogens with two attached hydrogens (primary N) is 1. The topological polar surface area (TPSA) is 92.9 Å². The van der Waals surface area contributed by atoms with Crippen molar-refractivity contribution in [1.29, 1.82) is 0 Å². The maximum absolute atomic E-state index is 12.3. The molecule has 2 aromatic carbocycles. The van der Waals surface area contributed by atoms with Crippen molar-refractivity contribution in [2.45, 2.75) is 0 Å². The highest BCUT2D eigenvalue weighted by Gasteiger charge is 2.14. The first kappa shape index (κ1) is 13.3. The number of hydrogen-bond donors (Lipinski definition) is 3. The molecule has 4 N–H and O–H groups in total. The third kappa shape index (κ3) is 2.48. The number of nitrogens with zero attached hydrogens (tertiary/aromatic N) is 1. The number of carbonyl (C=O) groups excluding carboxylic acids is 1. The lowest BCUT2D eigenvalue weighted by Gasteiger charge is -2.06. The van der Waals surface area contributed by atoms with Crippen molar-refractivity contribution in [2.75, 3.05) is 11.1 Å². The zero-order chi connectivity index (χ0) is 15.0. The Balaban J connectivity index is 2.01. The number of aromatic amines is 1. The van der Waals surface area contributed by atoms with Gasteiger partial charge in [-0.15, -0.1) is 0 Å². The molecule has 1 heterocycles. The largest absolute Gasteiger partial charge is 0.399 e. The van der Waals surface area contributed by atoms with Gasteiger partial charge in [0.25, 0.3) is 0 Å². The molecule has 3 aromatic rings. The molecule has 1 aromatic heterocycles. The number of hydrogen-bond acceptors (Lipinski definition) is 3. The van der Waals surface area contributed by atoms with Crippen LogP contribution in [0.4, 0.5) is 16.2 Å². The number of carbonyl (C=O) groups is 1. The summed E-state index contributed by atoms with van der Waals surface area (Å²) in [5.41, 5.74) is 7.14. The van der Waals surface area contributed by atoms with Crippen molar-refractivity contribution in [2.24, 2.45) is 0 Å². The third-order valence-electron chi connectivity index (χ3n) is 3.01. The number of halogens is 1. The Labute approximate surface area is 124 Å². The Hall–Kier alpha value is -2.73. The fourth-order valence-corrected chi connectivity index (χ4v) is 2.16. The molecule has 6 nitrogen and oxygen atoms in total. The van der Waals surface area contributed by atoms with E-state index in [0.717, 1.165) is 4.57 Å². The van der Waals surface area contributed by atoms with Crippen LogP contribution in [0.1, 0.15) is 0 Å². The second-order valence-electron chi connectivity index (χ2n) is 4.48. The minimum Gasteiger partial charge on any atom is -0.399 e. The Morgan fingerprint density at radius 2 is 1.90 bits per heavy atom. The zero-order valence-corrected chi connectivity index (χ0v) is 11.5. The van der Waals surface area contributed by atoms with Gasteiger partial charge in [0, 0.05) is 16.4 Å². The molecule has 7 heteroatoms. The lowest BCUT2D eigenvalue weighted by molar-refractivity contribution is 0.253. The van der Waals surface area contributed by atoms with Crippen LogP contribution in [0.3, 0.4) is 0 Å². The number of nitrogen functional groups attached to an aromatic ring is 1. The maximum atomic E-state index is 12.3. The van der Waals surface area contributed by atoms with Gasteiger partial charge in [0.1, 0.15) is 0 Å². The molecule has 0 saturated carbocycles. The van der Waals surface area contributed by atoms with Gasteiger partial charge in [0.15, 0.2) is 0 Å². The van der Waals surface area contributed by atoms with Gasteiger partial charge in [-0.3, -0.25) is 0 Å². The Morgan fingerprint density at radius 3 is 2.62 bits per heavy atom. The first-order valence-electron chi connectivity index (χ1n) is 6.12. The first-order chi connectivity index (χ1) is 10.0. The predicted octanol–water partition coefficient (Wildman–Crippen LogP) is 2.65. The van der Waals surface area contributed by atoms with Crippen molar-refractivity contribution >= 4 is 40.0 Å². The fraction of sp³-hybridized carbons (Fsp3) is 0. The summed E-state index contributed by atoms with van der Waals surface area (Å²) in [5, 5.41) is 3.19. The van der Waals surface area contributed by atoms with E-state index in [1.807, 2.05) is 0 Å². The van der Waals surface area contributed by atoms with E-state index in [1.165, 1.54) is 0 Å². The summed E-state index contributed by atoms with van der Waals surface area (Å²) in [4.78, 5) is 26.8. The van der Waals surface area contributed by atoms with Gasteiger partial charge in [0.05, 0.1) is 11.0 Å². The van der Waals surface area contributed by atoms with Crippen molar-refractivity contribution in [3.63, 3.8) is 0 Å². The molecule has 0 radical (unpaired) electrons. The molecule has 0 bridgehead atoms. The number of anilines is 2. The van der Waals surface area contributed by atoms with Crippen molar-refractivity contribution in [3.05, 3.63) is 58.0 Å². The number of aromatic nitrogens is 2. The van der Waals surface area contributed by atoms with Crippen LogP contribution in [0, 0.1) is 0 Å². The summed E-state index contributed by atoms with van der Waals surface area (Å²) >= 11 is 5.78. The second-order valence-corrected chi connectivity index (χ2v) is 4.92. The average Bonchev–Trinajstić information content (AvgIpc) is 2.76. The predicted molar refractivity (Wildman–Crippen MR) is 82.8 cm³/mol. The van der Waals surface area contributed by atoms with Gasteiger partial charge in [-0.05, 0) is 42.5 Å². The summed E-state index contributed by atoms with van der Waals surface area (Å²) in [7, 11) is 0. The van der Waals surface area contributed by atoms with Gasteiger partial charge >= 0.3 is 11.7 Å². The fourth-order valence-electron chi connectivity index (χ4n) is 2.03. The lowest BCUT2D eigenvalue weighted by Crippen LogP contribution is -2.29. The molecule has 106 valence electrons. The molecule has 0 atom stereocenters. The van der Waals surface area contributed by atoms with E-state index < -0.39 is 11.7 Å². The number of fused-ring (bicyclic) bond motifs is 1. The zero-order valence-electron chi connectivity index (χ0n) is 10.8. The van der Waals surface area contributed by atoms with E-state index in [9.17, 15) is 9.59 Å². The van der Waals surface area contributed by atoms with Crippen LogP contribution in [0.25, 0.3) is 11.0 Å². The number of amides is 1. The smallest absolute Gasteiger partial charge is 0.334 e. The van der Waals surface area contributed by atoms with Gasteiger partial charge in [0.2, 0.25) is 0 Å². The highest BCUT2D eigenvalue weighted by molar-refractivity contribution is 6.30. The number of rotatable bonds is 1. The summed E-state index contributed by atoms with van der Waals surface area (Å²) < 4.78 is 1.00. The van der Waals surface area contributed by atoms with Gasteiger partial charge in [-0.1, -0.05) is 11.6 Å². The Bertz CT molecular complexity index is 880. The quantitative estimate of drug-likeness (QED) is 0.603. The van der Waals surface area contributed by atoms with E-state index in [0.29, 0.717) is 27.4 Å². The Kier molecular flexibility index (Phi) is 3.15. The number of benzene rings is 2. The molecule has 0 aliphatic carbocycles. The van der Waals surface area contributed by atoms with Crippen molar-refractivity contribution in [3.8, 4) is 0 Å². The van der Waals surface area contributed by atoms with Crippen LogP contribution in [-0.4, -0.2) is 15.6 Å². The normalized spacial score (nSPS) is 10.7. The lowest BCUT2D eigenvalue weighted by atomic mass is 10.3. The van der Waals surface area contributed by atoms with Crippen LogP contribution in [-0.2, 0) is 0 Å². The second kappa shape index (κ2) is 4.99. The molecular formula is C14H11ClN4O2. The highest BCUT2D eigenvalue weighted by atomic mass is 35.5.